The molecule has 22 heavy (non-hydrogen) atoms. The maximum absolute atomic E-state index is 12.1. The number of fused-ring (bicyclic) bond motifs is 1. The van der Waals surface area contributed by atoms with Gasteiger partial charge in [0, 0.05) is 18.3 Å². The normalized spacial score (nSPS) is 25.3. The summed E-state index contributed by atoms with van der Waals surface area (Å²) in [6, 6.07) is 0. The molecule has 2 atom stereocenters. The molecule has 0 bridgehead atoms. The fourth-order valence-corrected chi connectivity index (χ4v) is 4.05. The largest absolute Gasteiger partial charge is 0.469 e. The lowest BCUT2D eigenvalue weighted by molar-refractivity contribution is -0.154. The first-order chi connectivity index (χ1) is 10.5. The van der Waals surface area contributed by atoms with E-state index in [4.69, 9.17) is 10.5 Å². The van der Waals surface area contributed by atoms with Crippen LogP contribution < -0.4 is 5.73 Å². The lowest BCUT2D eigenvalue weighted by Gasteiger charge is -2.35. The molecule has 0 amide bonds. The number of nitrogens with two attached hydrogens (primary N) is 1. The number of aromatic nitrogens is 3. The third-order valence-electron chi connectivity index (χ3n) is 4.59. The molecule has 118 valence electrons. The molecule has 7 heteroatoms. The Bertz CT molecular complexity index is 730. The maximum Gasteiger partial charge on any atom is 0.311 e. The molecule has 0 aromatic carbocycles. The lowest BCUT2D eigenvalue weighted by Crippen LogP contribution is -2.34. The molecule has 2 N–H and O–H groups in total. The zero-order valence-electron chi connectivity index (χ0n) is 12.7. The van der Waals surface area contributed by atoms with Crippen LogP contribution in [0, 0.1) is 5.41 Å². The topological polar surface area (TPSA) is 82.5 Å². The second-order valence-electron chi connectivity index (χ2n) is 6.14. The third kappa shape index (κ3) is 2.37. The van der Waals surface area contributed by atoms with Crippen LogP contribution in [0.2, 0.25) is 0 Å². The molecule has 0 spiro atoms. The first-order valence-corrected chi connectivity index (χ1v) is 8.12. The number of carbonyl (C=O) groups excluding carboxylic acids is 1. The van der Waals surface area contributed by atoms with Gasteiger partial charge in [-0.2, -0.15) is 0 Å². The third-order valence-corrected chi connectivity index (χ3v) is 5.14. The Balaban J connectivity index is 2.01. The minimum Gasteiger partial charge on any atom is -0.469 e. The standard InChI is InChI=1S/C15H19BrN4O2/c1-15(14(21)22-2)5-3-4-9(8-15)13-19-11(16)10-12(17)18-6-7-20(10)13/h6-7,9H,3-5,8H2,1-2H3,(H2,17,18)/t9-,15+/m1/s1. The van der Waals surface area contributed by atoms with E-state index in [1.165, 1.54) is 7.11 Å². The number of methoxy groups -OCH3 is 1. The Morgan fingerprint density at radius 1 is 1.59 bits per heavy atom. The van der Waals surface area contributed by atoms with Crippen LogP contribution in [0.3, 0.4) is 0 Å². The van der Waals surface area contributed by atoms with Crippen LogP contribution in [0.4, 0.5) is 5.82 Å². The second kappa shape index (κ2) is 5.53. The van der Waals surface area contributed by atoms with E-state index in [2.05, 4.69) is 25.9 Å². The molecule has 6 nitrogen and oxygen atoms in total. The monoisotopic (exact) mass is 366 g/mol. The van der Waals surface area contributed by atoms with Crippen LogP contribution in [0.15, 0.2) is 17.0 Å². The van der Waals surface area contributed by atoms with Gasteiger partial charge in [0.25, 0.3) is 0 Å². The highest BCUT2D eigenvalue weighted by Crippen LogP contribution is 2.44. The number of carbonyl (C=O) groups is 1. The fourth-order valence-electron chi connectivity index (χ4n) is 3.47. The zero-order valence-corrected chi connectivity index (χ0v) is 14.3. The van der Waals surface area contributed by atoms with Gasteiger partial charge in [-0.25, -0.2) is 9.97 Å². The highest BCUT2D eigenvalue weighted by atomic mass is 79.9. The molecule has 1 aliphatic rings. The molecule has 1 fully saturated rings. The van der Waals surface area contributed by atoms with Gasteiger partial charge in [0.1, 0.15) is 15.9 Å². The highest BCUT2D eigenvalue weighted by Gasteiger charge is 2.41. The summed E-state index contributed by atoms with van der Waals surface area (Å²) >= 11 is 3.46. The minimum absolute atomic E-state index is 0.140. The summed E-state index contributed by atoms with van der Waals surface area (Å²) in [5.74, 6) is 1.42. The molecule has 2 heterocycles. The highest BCUT2D eigenvalue weighted by molar-refractivity contribution is 9.10. The molecule has 0 radical (unpaired) electrons. The molecule has 1 aliphatic carbocycles. The van der Waals surface area contributed by atoms with Crippen molar-refractivity contribution >= 4 is 33.2 Å². The molecule has 1 saturated carbocycles. The average Bonchev–Trinajstić information content (AvgIpc) is 2.85. The molecule has 3 rings (SSSR count). The number of ether oxygens (including phenoxy) is 1. The summed E-state index contributed by atoms with van der Waals surface area (Å²) in [5.41, 5.74) is 6.28. The number of halogens is 1. The van der Waals surface area contributed by atoms with Gasteiger partial charge in [0.15, 0.2) is 5.82 Å². The van der Waals surface area contributed by atoms with Crippen molar-refractivity contribution in [2.24, 2.45) is 5.41 Å². The van der Waals surface area contributed by atoms with Gasteiger partial charge in [-0.15, -0.1) is 0 Å². The first kappa shape index (κ1) is 15.3. The summed E-state index contributed by atoms with van der Waals surface area (Å²) in [6.45, 7) is 1.98. The van der Waals surface area contributed by atoms with Crippen molar-refractivity contribution in [1.82, 2.24) is 14.4 Å². The van der Waals surface area contributed by atoms with Gasteiger partial charge in [0.05, 0.1) is 12.5 Å². The lowest BCUT2D eigenvalue weighted by atomic mass is 9.70. The Morgan fingerprint density at radius 3 is 3.09 bits per heavy atom. The molecular formula is C15H19BrN4O2. The van der Waals surface area contributed by atoms with Gasteiger partial charge in [-0.1, -0.05) is 6.42 Å². The number of esters is 1. The first-order valence-electron chi connectivity index (χ1n) is 7.32. The van der Waals surface area contributed by atoms with Crippen molar-refractivity contribution in [3.63, 3.8) is 0 Å². The fraction of sp³-hybridized carbons (Fsp3) is 0.533. The summed E-state index contributed by atoms with van der Waals surface area (Å²) in [6.07, 6.45) is 7.09. The van der Waals surface area contributed by atoms with E-state index >= 15 is 0 Å². The predicted molar refractivity (Wildman–Crippen MR) is 86.4 cm³/mol. The number of hydrogen-bond acceptors (Lipinski definition) is 5. The summed E-state index contributed by atoms with van der Waals surface area (Å²) < 4.78 is 7.65. The van der Waals surface area contributed by atoms with Crippen LogP contribution >= 0.6 is 15.9 Å². The number of nitrogens with zero attached hydrogens (tertiary/aromatic N) is 3. The maximum atomic E-state index is 12.1. The predicted octanol–water partition coefficient (Wildman–Crippen LogP) is 2.91. The summed E-state index contributed by atoms with van der Waals surface area (Å²) in [5, 5.41) is 0. The molecule has 0 saturated heterocycles. The van der Waals surface area contributed by atoms with Crippen LogP contribution in [0.1, 0.15) is 44.3 Å². The Kier molecular flexibility index (Phi) is 3.84. The van der Waals surface area contributed by atoms with Crippen molar-refractivity contribution in [3.05, 3.63) is 22.8 Å². The van der Waals surface area contributed by atoms with E-state index in [1.807, 2.05) is 17.5 Å². The average molecular weight is 367 g/mol. The summed E-state index contributed by atoms with van der Waals surface area (Å²) in [4.78, 5) is 20.8. The molecule has 0 unspecified atom stereocenters. The smallest absolute Gasteiger partial charge is 0.311 e. The number of anilines is 1. The van der Waals surface area contributed by atoms with Crippen LogP contribution in [0.25, 0.3) is 5.52 Å². The Hall–Kier alpha value is -1.63. The van der Waals surface area contributed by atoms with Gasteiger partial charge in [0.2, 0.25) is 0 Å². The quantitative estimate of drug-likeness (QED) is 0.826. The second-order valence-corrected chi connectivity index (χ2v) is 6.89. The summed E-state index contributed by atoms with van der Waals surface area (Å²) in [7, 11) is 1.45. The number of rotatable bonds is 2. The van der Waals surface area contributed by atoms with Gasteiger partial charge in [-0.05, 0) is 42.1 Å². The molecular weight excluding hydrogens is 348 g/mol. The van der Waals surface area contributed by atoms with Gasteiger partial charge >= 0.3 is 5.97 Å². The van der Waals surface area contributed by atoms with Crippen LogP contribution in [0.5, 0.6) is 0 Å². The van der Waals surface area contributed by atoms with Crippen LogP contribution in [-0.2, 0) is 9.53 Å². The van der Waals surface area contributed by atoms with Gasteiger partial charge in [-0.3, -0.25) is 9.20 Å². The van der Waals surface area contributed by atoms with Gasteiger partial charge < -0.3 is 10.5 Å². The number of hydrogen-bond donors (Lipinski definition) is 1. The number of imidazole rings is 1. The minimum atomic E-state index is -0.450. The van der Waals surface area contributed by atoms with E-state index in [-0.39, 0.29) is 11.9 Å². The zero-order chi connectivity index (χ0) is 15.9. The van der Waals surface area contributed by atoms with Crippen molar-refractivity contribution in [1.29, 1.82) is 0 Å². The number of nitrogen functional groups attached to an aromatic ring is 1. The Morgan fingerprint density at radius 2 is 2.36 bits per heavy atom. The van der Waals surface area contributed by atoms with Crippen molar-refractivity contribution in [2.45, 2.75) is 38.5 Å². The molecule has 2 aromatic rings. The van der Waals surface area contributed by atoms with Crippen molar-refractivity contribution in [3.8, 4) is 0 Å². The van der Waals surface area contributed by atoms with E-state index in [0.29, 0.717) is 10.4 Å². The molecule has 0 aliphatic heterocycles. The van der Waals surface area contributed by atoms with E-state index in [0.717, 1.165) is 37.0 Å². The SMILES string of the molecule is COC(=O)[C@@]1(C)CCC[C@@H](c2nc(Br)c3c(N)nccn23)C1. The van der Waals surface area contributed by atoms with E-state index < -0.39 is 5.41 Å². The van der Waals surface area contributed by atoms with Crippen molar-refractivity contribution < 1.29 is 9.53 Å². The van der Waals surface area contributed by atoms with E-state index in [9.17, 15) is 4.79 Å². The van der Waals surface area contributed by atoms with E-state index in [1.54, 1.807) is 6.20 Å². The Labute approximate surface area is 137 Å². The van der Waals surface area contributed by atoms with Crippen LogP contribution in [-0.4, -0.2) is 27.4 Å². The molecule has 2 aromatic heterocycles. The van der Waals surface area contributed by atoms with Crippen molar-refractivity contribution in [2.75, 3.05) is 12.8 Å².